The molecule has 0 heterocycles. The number of hydrogen-bond donors (Lipinski definition) is 1. The quantitative estimate of drug-likeness (QED) is 0.769. The van der Waals surface area contributed by atoms with E-state index in [1.54, 1.807) is 12.1 Å². The number of esters is 1. The minimum Gasteiger partial charge on any atom is -0.465 e. The summed E-state index contributed by atoms with van der Waals surface area (Å²) in [4.78, 5) is 11.2. The molecule has 0 saturated carbocycles. The Balaban J connectivity index is 2.84. The SMILES string of the molecule is CC[C@@H](NC)c1ccc(C(=O)OC)cc1. The van der Waals surface area contributed by atoms with Crippen LogP contribution in [0.3, 0.4) is 0 Å². The van der Waals surface area contributed by atoms with E-state index in [0.29, 0.717) is 11.6 Å². The number of benzene rings is 1. The lowest BCUT2D eigenvalue weighted by Gasteiger charge is -2.14. The van der Waals surface area contributed by atoms with Crippen LogP contribution in [-0.2, 0) is 4.74 Å². The van der Waals surface area contributed by atoms with Crippen molar-refractivity contribution in [1.29, 1.82) is 0 Å². The molecule has 1 aromatic rings. The number of ether oxygens (including phenoxy) is 1. The second-order valence-electron chi connectivity index (χ2n) is 3.36. The Morgan fingerprint density at radius 3 is 2.40 bits per heavy atom. The van der Waals surface area contributed by atoms with Crippen LogP contribution < -0.4 is 5.32 Å². The number of nitrogens with one attached hydrogen (secondary N) is 1. The Morgan fingerprint density at radius 2 is 2.00 bits per heavy atom. The topological polar surface area (TPSA) is 38.3 Å². The minimum absolute atomic E-state index is 0.293. The van der Waals surface area contributed by atoms with Gasteiger partial charge in [-0.1, -0.05) is 19.1 Å². The first kappa shape index (κ1) is 11.7. The van der Waals surface area contributed by atoms with Crippen LogP contribution in [0.5, 0.6) is 0 Å². The fourth-order valence-electron chi connectivity index (χ4n) is 1.58. The van der Waals surface area contributed by atoms with Crippen molar-refractivity contribution in [1.82, 2.24) is 5.32 Å². The number of carbonyl (C=O) groups is 1. The van der Waals surface area contributed by atoms with Gasteiger partial charge in [0.15, 0.2) is 0 Å². The molecule has 0 radical (unpaired) electrons. The summed E-state index contributed by atoms with van der Waals surface area (Å²) in [6.07, 6.45) is 1.02. The normalized spacial score (nSPS) is 12.2. The summed E-state index contributed by atoms with van der Waals surface area (Å²) in [5.74, 6) is -0.293. The highest BCUT2D eigenvalue weighted by Crippen LogP contribution is 2.16. The van der Waals surface area contributed by atoms with Gasteiger partial charge >= 0.3 is 5.97 Å². The van der Waals surface area contributed by atoms with Crippen LogP contribution in [0.25, 0.3) is 0 Å². The second kappa shape index (κ2) is 5.51. The summed E-state index contributed by atoms with van der Waals surface area (Å²) in [7, 11) is 3.32. The van der Waals surface area contributed by atoms with Gasteiger partial charge in [0.2, 0.25) is 0 Å². The van der Waals surface area contributed by atoms with Gasteiger partial charge in [-0.05, 0) is 31.2 Å². The molecule has 0 unspecified atom stereocenters. The molecule has 1 rings (SSSR count). The van der Waals surface area contributed by atoms with Crippen molar-refractivity contribution in [2.24, 2.45) is 0 Å². The van der Waals surface area contributed by atoms with Crippen molar-refractivity contribution in [2.75, 3.05) is 14.2 Å². The van der Waals surface area contributed by atoms with E-state index in [1.165, 1.54) is 12.7 Å². The first-order valence-electron chi connectivity index (χ1n) is 5.08. The number of carbonyl (C=O) groups excluding carboxylic acids is 1. The minimum atomic E-state index is -0.293. The van der Waals surface area contributed by atoms with E-state index in [9.17, 15) is 4.79 Å². The van der Waals surface area contributed by atoms with Crippen LogP contribution in [0.1, 0.15) is 35.3 Å². The van der Waals surface area contributed by atoms with E-state index in [0.717, 1.165) is 6.42 Å². The summed E-state index contributed by atoms with van der Waals surface area (Å²) in [6, 6.07) is 7.84. The van der Waals surface area contributed by atoms with Gasteiger partial charge in [-0.2, -0.15) is 0 Å². The van der Waals surface area contributed by atoms with Crippen LogP contribution in [0.4, 0.5) is 0 Å². The first-order chi connectivity index (χ1) is 7.22. The average molecular weight is 207 g/mol. The highest BCUT2D eigenvalue weighted by Gasteiger charge is 2.08. The van der Waals surface area contributed by atoms with E-state index in [4.69, 9.17) is 0 Å². The highest BCUT2D eigenvalue weighted by molar-refractivity contribution is 5.89. The third kappa shape index (κ3) is 2.80. The maximum atomic E-state index is 11.2. The predicted molar refractivity (Wildman–Crippen MR) is 59.9 cm³/mol. The molecule has 0 aliphatic rings. The molecule has 3 nitrogen and oxygen atoms in total. The van der Waals surface area contributed by atoms with Crippen molar-refractivity contribution < 1.29 is 9.53 Å². The molecule has 3 heteroatoms. The Labute approximate surface area is 90.4 Å². The molecule has 0 bridgehead atoms. The standard InChI is InChI=1S/C12H17NO2/c1-4-11(13-2)9-5-7-10(8-6-9)12(14)15-3/h5-8,11,13H,4H2,1-3H3/t11-/m1/s1. The maximum Gasteiger partial charge on any atom is 0.337 e. The molecule has 1 aromatic carbocycles. The average Bonchev–Trinajstić information content (AvgIpc) is 2.30. The van der Waals surface area contributed by atoms with Crippen LogP contribution in [0.15, 0.2) is 24.3 Å². The molecule has 0 saturated heterocycles. The van der Waals surface area contributed by atoms with E-state index >= 15 is 0 Å². The molecule has 1 atom stereocenters. The summed E-state index contributed by atoms with van der Waals surface area (Å²) in [5.41, 5.74) is 1.78. The molecule has 0 amide bonds. The zero-order valence-corrected chi connectivity index (χ0v) is 9.41. The maximum absolute atomic E-state index is 11.2. The Kier molecular flexibility index (Phi) is 4.31. The fourth-order valence-corrected chi connectivity index (χ4v) is 1.58. The van der Waals surface area contributed by atoms with Gasteiger partial charge in [0.1, 0.15) is 0 Å². The lowest BCUT2D eigenvalue weighted by Crippen LogP contribution is -2.15. The fraction of sp³-hybridized carbons (Fsp3) is 0.417. The second-order valence-corrected chi connectivity index (χ2v) is 3.36. The third-order valence-electron chi connectivity index (χ3n) is 2.49. The Hall–Kier alpha value is -1.35. The zero-order valence-electron chi connectivity index (χ0n) is 9.41. The number of rotatable bonds is 4. The van der Waals surface area contributed by atoms with Crippen molar-refractivity contribution >= 4 is 5.97 Å². The predicted octanol–water partition coefficient (Wildman–Crippen LogP) is 2.14. The summed E-state index contributed by atoms with van der Waals surface area (Å²) in [5, 5.41) is 3.21. The smallest absolute Gasteiger partial charge is 0.337 e. The number of hydrogen-bond acceptors (Lipinski definition) is 3. The van der Waals surface area contributed by atoms with Gasteiger partial charge in [0.25, 0.3) is 0 Å². The highest BCUT2D eigenvalue weighted by atomic mass is 16.5. The van der Waals surface area contributed by atoms with Gasteiger partial charge in [0.05, 0.1) is 12.7 Å². The van der Waals surface area contributed by atoms with Crippen molar-refractivity contribution in [3.8, 4) is 0 Å². The summed E-state index contributed by atoms with van der Waals surface area (Å²) < 4.78 is 4.63. The van der Waals surface area contributed by atoms with Gasteiger partial charge in [0, 0.05) is 6.04 Å². The van der Waals surface area contributed by atoms with Crippen LogP contribution in [0, 0.1) is 0 Å². The Morgan fingerprint density at radius 1 is 1.40 bits per heavy atom. The first-order valence-corrected chi connectivity index (χ1v) is 5.08. The van der Waals surface area contributed by atoms with Crippen LogP contribution in [0.2, 0.25) is 0 Å². The van der Waals surface area contributed by atoms with E-state index in [-0.39, 0.29) is 5.97 Å². The van der Waals surface area contributed by atoms with Crippen molar-refractivity contribution in [3.63, 3.8) is 0 Å². The van der Waals surface area contributed by atoms with Gasteiger partial charge in [-0.15, -0.1) is 0 Å². The van der Waals surface area contributed by atoms with Crippen molar-refractivity contribution in [2.45, 2.75) is 19.4 Å². The summed E-state index contributed by atoms with van der Waals surface area (Å²) >= 11 is 0. The molecule has 0 fully saturated rings. The largest absolute Gasteiger partial charge is 0.465 e. The molecule has 0 aliphatic carbocycles. The van der Waals surface area contributed by atoms with E-state index in [1.807, 2.05) is 19.2 Å². The van der Waals surface area contributed by atoms with Crippen LogP contribution >= 0.6 is 0 Å². The molecular formula is C12H17NO2. The zero-order chi connectivity index (χ0) is 11.3. The molecule has 0 aromatic heterocycles. The number of methoxy groups -OCH3 is 1. The molecule has 0 aliphatic heterocycles. The lowest BCUT2D eigenvalue weighted by atomic mass is 10.0. The van der Waals surface area contributed by atoms with E-state index in [2.05, 4.69) is 17.0 Å². The monoisotopic (exact) mass is 207 g/mol. The molecule has 15 heavy (non-hydrogen) atoms. The van der Waals surface area contributed by atoms with E-state index < -0.39 is 0 Å². The van der Waals surface area contributed by atoms with Crippen molar-refractivity contribution in [3.05, 3.63) is 35.4 Å². The third-order valence-corrected chi connectivity index (χ3v) is 2.49. The van der Waals surface area contributed by atoms with Gasteiger partial charge in [-0.25, -0.2) is 4.79 Å². The van der Waals surface area contributed by atoms with Gasteiger partial charge in [-0.3, -0.25) is 0 Å². The lowest BCUT2D eigenvalue weighted by molar-refractivity contribution is 0.0600. The van der Waals surface area contributed by atoms with Gasteiger partial charge < -0.3 is 10.1 Å². The molecule has 1 N–H and O–H groups in total. The summed E-state index contributed by atoms with van der Waals surface area (Å²) in [6.45, 7) is 2.12. The molecule has 0 spiro atoms. The molecule has 82 valence electrons. The van der Waals surface area contributed by atoms with Crippen LogP contribution in [-0.4, -0.2) is 20.1 Å². The molecular weight excluding hydrogens is 190 g/mol. The Bertz CT molecular complexity index is 315.